The van der Waals surface area contributed by atoms with Crippen LogP contribution in [0, 0.1) is 23.2 Å². The molecule has 0 spiro atoms. The van der Waals surface area contributed by atoms with Crippen molar-refractivity contribution in [2.45, 2.75) is 45.5 Å². The average Bonchev–Trinajstić information content (AvgIpc) is 2.68. The summed E-state index contributed by atoms with van der Waals surface area (Å²) >= 11 is 0. The summed E-state index contributed by atoms with van der Waals surface area (Å²) in [5.74, 6) is -0.741. The molecule has 2 rings (SSSR count). The summed E-state index contributed by atoms with van der Waals surface area (Å²) in [7, 11) is 0. The van der Waals surface area contributed by atoms with Gasteiger partial charge in [-0.3, -0.25) is 0 Å². The molecule has 2 saturated carbocycles. The van der Waals surface area contributed by atoms with Gasteiger partial charge in [0.05, 0.1) is 0 Å². The first kappa shape index (κ1) is 11.3. The van der Waals surface area contributed by atoms with Crippen LogP contribution in [0.4, 0.5) is 8.78 Å². The number of rotatable bonds is 2. The minimum Gasteiger partial charge on any atom is -0.330 e. The highest BCUT2D eigenvalue weighted by molar-refractivity contribution is 5.08. The van der Waals surface area contributed by atoms with E-state index < -0.39 is 5.92 Å². The van der Waals surface area contributed by atoms with E-state index in [-0.39, 0.29) is 12.8 Å². The van der Waals surface area contributed by atoms with E-state index in [9.17, 15) is 8.78 Å². The van der Waals surface area contributed by atoms with Crippen LogP contribution in [0.2, 0.25) is 0 Å². The molecule has 0 aromatic carbocycles. The highest BCUT2D eigenvalue weighted by atomic mass is 19.3. The second-order valence-corrected chi connectivity index (χ2v) is 5.88. The standard InChI is InChI=1S/C12H21F2N/c1-11(2)9(7-15)10(11)8-3-5-12(13,14)6-4-8/h8-10H,3-7,15H2,1-2H3. The maximum absolute atomic E-state index is 13.0. The average molecular weight is 217 g/mol. The van der Waals surface area contributed by atoms with Crippen LogP contribution < -0.4 is 5.73 Å². The number of halogens is 2. The van der Waals surface area contributed by atoms with Crippen LogP contribution in [0.15, 0.2) is 0 Å². The lowest BCUT2D eigenvalue weighted by Crippen LogP contribution is -2.26. The van der Waals surface area contributed by atoms with Crippen LogP contribution in [0.3, 0.4) is 0 Å². The summed E-state index contributed by atoms with van der Waals surface area (Å²) in [6, 6.07) is 0. The van der Waals surface area contributed by atoms with Crippen LogP contribution in [-0.4, -0.2) is 12.5 Å². The molecule has 3 heteroatoms. The van der Waals surface area contributed by atoms with Crippen LogP contribution in [0.25, 0.3) is 0 Å². The van der Waals surface area contributed by atoms with Crippen molar-refractivity contribution in [2.75, 3.05) is 6.54 Å². The molecule has 0 amide bonds. The van der Waals surface area contributed by atoms with Gasteiger partial charge in [0, 0.05) is 12.8 Å². The quantitative estimate of drug-likeness (QED) is 0.756. The number of hydrogen-bond acceptors (Lipinski definition) is 1. The maximum atomic E-state index is 13.0. The zero-order valence-electron chi connectivity index (χ0n) is 9.60. The van der Waals surface area contributed by atoms with E-state index in [0.717, 1.165) is 0 Å². The summed E-state index contributed by atoms with van der Waals surface area (Å²) in [6.45, 7) is 5.16. The molecular weight excluding hydrogens is 196 g/mol. The van der Waals surface area contributed by atoms with Crippen molar-refractivity contribution >= 4 is 0 Å². The van der Waals surface area contributed by atoms with Crippen molar-refractivity contribution in [3.05, 3.63) is 0 Å². The maximum Gasteiger partial charge on any atom is 0.248 e. The third kappa shape index (κ3) is 1.91. The van der Waals surface area contributed by atoms with Gasteiger partial charge in [0.2, 0.25) is 5.92 Å². The molecule has 1 nitrogen and oxygen atoms in total. The van der Waals surface area contributed by atoms with Gasteiger partial charge in [-0.1, -0.05) is 13.8 Å². The fraction of sp³-hybridized carbons (Fsp3) is 1.00. The third-order valence-electron chi connectivity index (χ3n) is 4.66. The molecule has 2 fully saturated rings. The number of hydrogen-bond donors (Lipinski definition) is 1. The van der Waals surface area contributed by atoms with E-state index in [1.54, 1.807) is 0 Å². The normalized spacial score (nSPS) is 39.0. The van der Waals surface area contributed by atoms with Crippen LogP contribution in [0.5, 0.6) is 0 Å². The number of alkyl halides is 2. The number of nitrogens with two attached hydrogens (primary N) is 1. The van der Waals surface area contributed by atoms with Gasteiger partial charge < -0.3 is 5.73 Å². The molecule has 2 atom stereocenters. The minimum absolute atomic E-state index is 0.0849. The van der Waals surface area contributed by atoms with Crippen molar-refractivity contribution in [3.63, 3.8) is 0 Å². The Balaban J connectivity index is 1.93. The molecular formula is C12H21F2N. The molecule has 0 aliphatic heterocycles. The second-order valence-electron chi connectivity index (χ2n) is 5.88. The lowest BCUT2D eigenvalue weighted by Gasteiger charge is -2.29. The fourth-order valence-electron chi connectivity index (χ4n) is 3.59. The first-order valence-electron chi connectivity index (χ1n) is 5.96. The highest BCUT2D eigenvalue weighted by Gasteiger charge is 2.60. The Labute approximate surface area is 90.4 Å². The Morgan fingerprint density at radius 3 is 2.13 bits per heavy atom. The van der Waals surface area contributed by atoms with E-state index in [4.69, 9.17) is 5.73 Å². The molecule has 88 valence electrons. The predicted molar refractivity (Wildman–Crippen MR) is 56.7 cm³/mol. The zero-order valence-corrected chi connectivity index (χ0v) is 9.60. The van der Waals surface area contributed by atoms with E-state index in [1.807, 2.05) is 0 Å². The Morgan fingerprint density at radius 1 is 1.20 bits per heavy atom. The van der Waals surface area contributed by atoms with Crippen LogP contribution in [-0.2, 0) is 0 Å². The Kier molecular flexibility index (Phi) is 2.57. The van der Waals surface area contributed by atoms with Gasteiger partial charge >= 0.3 is 0 Å². The fourth-order valence-corrected chi connectivity index (χ4v) is 3.59. The van der Waals surface area contributed by atoms with Gasteiger partial charge in [0.15, 0.2) is 0 Å². The minimum atomic E-state index is -2.40. The Hall–Kier alpha value is -0.180. The van der Waals surface area contributed by atoms with Gasteiger partial charge in [-0.15, -0.1) is 0 Å². The van der Waals surface area contributed by atoms with Gasteiger partial charge in [-0.2, -0.15) is 0 Å². The van der Waals surface area contributed by atoms with Crippen molar-refractivity contribution in [2.24, 2.45) is 28.9 Å². The molecule has 15 heavy (non-hydrogen) atoms. The van der Waals surface area contributed by atoms with Crippen molar-refractivity contribution in [3.8, 4) is 0 Å². The van der Waals surface area contributed by atoms with Crippen LogP contribution >= 0.6 is 0 Å². The third-order valence-corrected chi connectivity index (χ3v) is 4.66. The molecule has 2 aliphatic rings. The summed E-state index contributed by atoms with van der Waals surface area (Å²) in [4.78, 5) is 0. The monoisotopic (exact) mass is 217 g/mol. The van der Waals surface area contributed by atoms with E-state index in [2.05, 4.69) is 13.8 Å². The molecule has 2 unspecified atom stereocenters. The lowest BCUT2D eigenvalue weighted by molar-refractivity contribution is -0.0495. The summed E-state index contributed by atoms with van der Waals surface area (Å²) in [6.07, 6.45) is 1.55. The molecule has 0 heterocycles. The van der Waals surface area contributed by atoms with Crippen molar-refractivity contribution in [1.29, 1.82) is 0 Å². The van der Waals surface area contributed by atoms with E-state index in [0.29, 0.717) is 42.6 Å². The topological polar surface area (TPSA) is 26.0 Å². The first-order chi connectivity index (χ1) is 6.88. The zero-order chi connectivity index (χ0) is 11.3. The SMILES string of the molecule is CC1(C)C(CN)C1C1CCC(F)(F)CC1. The summed E-state index contributed by atoms with van der Waals surface area (Å²) in [5, 5.41) is 0. The van der Waals surface area contributed by atoms with Gasteiger partial charge in [0.25, 0.3) is 0 Å². The Bertz CT molecular complexity index is 240. The van der Waals surface area contributed by atoms with Gasteiger partial charge in [-0.25, -0.2) is 8.78 Å². The first-order valence-corrected chi connectivity index (χ1v) is 5.96. The van der Waals surface area contributed by atoms with Gasteiger partial charge in [-0.05, 0) is 42.6 Å². The van der Waals surface area contributed by atoms with Gasteiger partial charge in [0.1, 0.15) is 0 Å². The smallest absolute Gasteiger partial charge is 0.248 e. The van der Waals surface area contributed by atoms with Crippen molar-refractivity contribution < 1.29 is 8.78 Å². The van der Waals surface area contributed by atoms with Crippen molar-refractivity contribution in [1.82, 2.24) is 0 Å². The lowest BCUT2D eigenvalue weighted by atomic mass is 9.81. The summed E-state index contributed by atoms with van der Waals surface area (Å²) in [5.41, 5.74) is 6.01. The largest absolute Gasteiger partial charge is 0.330 e. The summed E-state index contributed by atoms with van der Waals surface area (Å²) < 4.78 is 26.0. The van der Waals surface area contributed by atoms with Crippen LogP contribution in [0.1, 0.15) is 39.5 Å². The molecule has 0 radical (unpaired) electrons. The van der Waals surface area contributed by atoms with E-state index >= 15 is 0 Å². The molecule has 0 saturated heterocycles. The highest BCUT2D eigenvalue weighted by Crippen LogP contribution is 2.64. The Morgan fingerprint density at radius 2 is 1.73 bits per heavy atom. The predicted octanol–water partition coefficient (Wildman–Crippen LogP) is 3.04. The second kappa shape index (κ2) is 3.41. The molecule has 2 aliphatic carbocycles. The van der Waals surface area contributed by atoms with E-state index in [1.165, 1.54) is 0 Å². The molecule has 0 aromatic heterocycles. The molecule has 2 N–H and O–H groups in total. The molecule has 0 bridgehead atoms. The molecule has 0 aromatic rings.